The van der Waals surface area contributed by atoms with Crippen LogP contribution in [0.2, 0.25) is 0 Å². The highest BCUT2D eigenvalue weighted by Gasteiger charge is 2.31. The number of carbonyl (C=O) groups excluding carboxylic acids is 1. The summed E-state index contributed by atoms with van der Waals surface area (Å²) < 4.78 is 19.7. The van der Waals surface area contributed by atoms with Crippen LogP contribution >= 0.6 is 0 Å². The highest BCUT2D eigenvalue weighted by Crippen LogP contribution is 1.94. The Morgan fingerprint density at radius 3 is 2.38 bits per heavy atom. The smallest absolute Gasteiger partial charge is 0.230 e. The summed E-state index contributed by atoms with van der Waals surface area (Å²) in [6, 6.07) is -0.534. The summed E-state index contributed by atoms with van der Waals surface area (Å²) in [5, 5.41) is 2.35. The van der Waals surface area contributed by atoms with Gasteiger partial charge in [0.25, 0.3) is 0 Å². The van der Waals surface area contributed by atoms with Crippen LogP contribution in [0, 0.1) is 0 Å². The van der Waals surface area contributed by atoms with Gasteiger partial charge in [-0.1, -0.05) is 0 Å². The third kappa shape index (κ3) is 0.775. The van der Waals surface area contributed by atoms with E-state index in [4.69, 9.17) is 0 Å². The number of hydrogen-bond donors (Lipinski definition) is 1. The Labute approximate surface area is 47.0 Å². The highest BCUT2D eigenvalue weighted by molar-refractivity contribution is 7.73. The summed E-state index contributed by atoms with van der Waals surface area (Å²) in [4.78, 5) is 9.82. The molecule has 44 valence electrons. The summed E-state index contributed by atoms with van der Waals surface area (Å²) in [6.45, 7) is 0. The van der Waals surface area contributed by atoms with Crippen LogP contribution in [-0.4, -0.2) is 25.7 Å². The lowest BCUT2D eigenvalue weighted by molar-refractivity contribution is -0.107. The molecule has 1 N–H and O–H groups in total. The Balaban J connectivity index is 2.89. The molecule has 0 spiro atoms. The summed E-state index contributed by atoms with van der Waals surface area (Å²) in [7, 11) is -2.21. The first-order valence-corrected chi connectivity index (χ1v) is 3.01. The van der Waals surface area contributed by atoms with Crippen molar-refractivity contribution in [1.82, 2.24) is 5.32 Å². The molecule has 1 rings (SSSR count). The van der Waals surface area contributed by atoms with Gasteiger partial charge in [-0.2, -0.15) is 8.42 Å². The van der Waals surface area contributed by atoms with Gasteiger partial charge in [-0.3, -0.25) is 5.32 Å². The fraction of sp³-hybridized carbons (Fsp3) is 0.333. The summed E-state index contributed by atoms with van der Waals surface area (Å²) in [6.07, 6.45) is 0.547. The number of aldehydes is 1. The largest absolute Gasteiger partial charge is 0.301 e. The molecule has 8 heavy (non-hydrogen) atoms. The first kappa shape index (κ1) is 5.46. The Hall–Kier alpha value is -0.680. The molecule has 0 radical (unpaired) electrons. The number of hydrogen-bond acceptors (Lipinski definition) is 3. The van der Waals surface area contributed by atoms with Crippen molar-refractivity contribution in [1.29, 1.82) is 0 Å². The van der Waals surface area contributed by atoms with Gasteiger partial charge in [0.1, 0.15) is 17.3 Å². The van der Waals surface area contributed by atoms with E-state index >= 15 is 0 Å². The van der Waals surface area contributed by atoms with E-state index in [1.807, 2.05) is 0 Å². The van der Waals surface area contributed by atoms with Crippen molar-refractivity contribution < 1.29 is 13.2 Å². The maximum Gasteiger partial charge on any atom is 0.230 e. The Morgan fingerprint density at radius 2 is 2.25 bits per heavy atom. The predicted molar refractivity (Wildman–Crippen MR) is 26.9 cm³/mol. The predicted octanol–water partition coefficient (Wildman–Crippen LogP) is -1.83. The van der Waals surface area contributed by atoms with Crippen molar-refractivity contribution in [3.05, 3.63) is 0 Å². The lowest BCUT2D eigenvalue weighted by Crippen LogP contribution is -1.88. The molecule has 0 aliphatic carbocycles. The SMILES string of the molecule is O=CC1NC1=S(=O)=O. The zero-order valence-corrected chi connectivity index (χ0v) is 4.60. The molecule has 0 aromatic heterocycles. The number of nitrogens with one attached hydrogen (secondary N) is 1. The van der Waals surface area contributed by atoms with E-state index < -0.39 is 16.3 Å². The van der Waals surface area contributed by atoms with Crippen LogP contribution in [0.3, 0.4) is 0 Å². The third-order valence-corrected chi connectivity index (χ3v) is 1.54. The minimum absolute atomic E-state index is 0.0972. The molecule has 0 bridgehead atoms. The van der Waals surface area contributed by atoms with Crippen LogP contribution in [0.25, 0.3) is 0 Å². The van der Waals surface area contributed by atoms with E-state index in [9.17, 15) is 13.2 Å². The molecule has 0 aromatic carbocycles. The Kier molecular flexibility index (Phi) is 1.15. The fourth-order valence-electron chi connectivity index (χ4n) is 0.359. The fourth-order valence-corrected chi connectivity index (χ4v) is 0.845. The average molecular weight is 133 g/mol. The first-order chi connectivity index (χ1) is 3.75. The van der Waals surface area contributed by atoms with Crippen LogP contribution in [0.5, 0.6) is 0 Å². The summed E-state index contributed by atoms with van der Waals surface area (Å²) in [5.41, 5.74) is 0. The highest BCUT2D eigenvalue weighted by atomic mass is 32.2. The molecule has 5 heteroatoms. The molecule has 0 saturated carbocycles. The molecular weight excluding hydrogens is 130 g/mol. The second-order valence-electron chi connectivity index (χ2n) is 1.36. The zero-order valence-electron chi connectivity index (χ0n) is 3.79. The molecule has 1 fully saturated rings. The van der Waals surface area contributed by atoms with Crippen molar-refractivity contribution in [2.75, 3.05) is 0 Å². The molecule has 0 amide bonds. The molecule has 1 saturated heterocycles. The molecule has 1 aliphatic heterocycles. The second-order valence-corrected chi connectivity index (χ2v) is 2.27. The van der Waals surface area contributed by atoms with Gasteiger partial charge in [0.05, 0.1) is 0 Å². The topological polar surface area (TPSA) is 73.2 Å². The summed E-state index contributed by atoms with van der Waals surface area (Å²) in [5.74, 6) is 0. The van der Waals surface area contributed by atoms with Gasteiger partial charge in [0.15, 0.2) is 0 Å². The second kappa shape index (κ2) is 1.68. The monoisotopic (exact) mass is 133 g/mol. The molecule has 0 aromatic rings. The van der Waals surface area contributed by atoms with Crippen LogP contribution in [0.4, 0.5) is 0 Å². The summed E-state index contributed by atoms with van der Waals surface area (Å²) >= 11 is 0. The van der Waals surface area contributed by atoms with Crippen LogP contribution in [0.15, 0.2) is 0 Å². The minimum atomic E-state index is -2.21. The van der Waals surface area contributed by atoms with E-state index in [0.717, 1.165) is 0 Å². The van der Waals surface area contributed by atoms with Gasteiger partial charge < -0.3 is 4.79 Å². The van der Waals surface area contributed by atoms with Crippen LogP contribution in [0.1, 0.15) is 0 Å². The maximum atomic E-state index is 9.87. The van der Waals surface area contributed by atoms with E-state index in [0.29, 0.717) is 6.29 Å². The van der Waals surface area contributed by atoms with Gasteiger partial charge in [0.2, 0.25) is 10.3 Å². The van der Waals surface area contributed by atoms with Crippen molar-refractivity contribution in [3.8, 4) is 0 Å². The van der Waals surface area contributed by atoms with Crippen molar-refractivity contribution >= 4 is 21.6 Å². The molecule has 4 nitrogen and oxygen atoms in total. The van der Waals surface area contributed by atoms with Gasteiger partial charge in [-0.05, 0) is 0 Å². The molecule has 1 aliphatic rings. The molecule has 1 atom stereocenters. The molecule has 1 unspecified atom stereocenters. The van der Waals surface area contributed by atoms with Crippen molar-refractivity contribution in [2.24, 2.45) is 0 Å². The lowest BCUT2D eigenvalue weighted by atomic mass is 10.6. The number of carbonyl (C=O) groups is 1. The zero-order chi connectivity index (χ0) is 6.15. The van der Waals surface area contributed by atoms with Gasteiger partial charge in [-0.25, -0.2) is 0 Å². The molecular formula is C3H3NO3S. The van der Waals surface area contributed by atoms with Gasteiger partial charge in [0, 0.05) is 0 Å². The van der Waals surface area contributed by atoms with Crippen molar-refractivity contribution in [2.45, 2.75) is 6.04 Å². The standard InChI is InChI=1S/C3H3NO3S/c5-1-2-3(4-2)8(6)7/h1-2,4H. The van der Waals surface area contributed by atoms with E-state index in [2.05, 4.69) is 5.32 Å². The minimum Gasteiger partial charge on any atom is -0.301 e. The van der Waals surface area contributed by atoms with E-state index in [1.54, 1.807) is 0 Å². The number of rotatable bonds is 1. The van der Waals surface area contributed by atoms with E-state index in [-0.39, 0.29) is 4.99 Å². The van der Waals surface area contributed by atoms with Crippen molar-refractivity contribution in [3.63, 3.8) is 0 Å². The van der Waals surface area contributed by atoms with Gasteiger partial charge in [-0.15, -0.1) is 0 Å². The maximum absolute atomic E-state index is 9.87. The normalized spacial score (nSPS) is 25.0. The first-order valence-electron chi connectivity index (χ1n) is 1.93. The van der Waals surface area contributed by atoms with Crippen LogP contribution in [-0.2, 0) is 15.1 Å². The average Bonchev–Trinajstić information content (AvgIpc) is 2.42. The van der Waals surface area contributed by atoms with Crippen LogP contribution < -0.4 is 5.32 Å². The Bertz CT molecular complexity index is 231. The van der Waals surface area contributed by atoms with Gasteiger partial charge >= 0.3 is 0 Å². The third-order valence-electron chi connectivity index (χ3n) is 0.813. The Morgan fingerprint density at radius 1 is 1.62 bits per heavy atom. The lowest BCUT2D eigenvalue weighted by Gasteiger charge is -1.55. The quantitative estimate of drug-likeness (QED) is 0.259. The van der Waals surface area contributed by atoms with E-state index in [1.165, 1.54) is 0 Å². The molecule has 1 heterocycles.